The van der Waals surface area contributed by atoms with E-state index in [1.807, 2.05) is 67.6 Å². The second kappa shape index (κ2) is 11.6. The smallest absolute Gasteiger partial charge is 0.195 e. The summed E-state index contributed by atoms with van der Waals surface area (Å²) in [5.74, 6) is 0.0892. The molecule has 0 unspecified atom stereocenters. The second-order valence-electron chi connectivity index (χ2n) is 7.92. The molecule has 1 aromatic heterocycles. The number of hydrogen-bond donors (Lipinski definition) is 0. The van der Waals surface area contributed by atoms with Gasteiger partial charge in [0.15, 0.2) is 5.78 Å². The minimum atomic E-state index is 0.0892. The molecule has 0 N–H and O–H groups in total. The maximum absolute atomic E-state index is 13.2. The Balaban J connectivity index is 0.000000339. The van der Waals surface area contributed by atoms with Gasteiger partial charge in [0, 0.05) is 26.1 Å². The molecule has 1 nitrogen and oxygen atoms in total. The number of carbonyl (C=O) groups excluding carboxylic acids is 1. The summed E-state index contributed by atoms with van der Waals surface area (Å²) >= 11 is 1.68. The summed E-state index contributed by atoms with van der Waals surface area (Å²) in [4.78, 5) is 14.3. The van der Waals surface area contributed by atoms with Crippen molar-refractivity contribution in [1.29, 1.82) is 0 Å². The van der Waals surface area contributed by atoms with Gasteiger partial charge in [-0.1, -0.05) is 124 Å². The third kappa shape index (κ3) is 5.92. The second-order valence-corrected chi connectivity index (χ2v) is 8.98. The largest absolute Gasteiger partial charge is 0.289 e. The molecule has 0 aliphatic rings. The van der Waals surface area contributed by atoms with Gasteiger partial charge in [-0.25, -0.2) is 0 Å². The zero-order chi connectivity index (χ0) is 22.1. The highest BCUT2D eigenvalue weighted by Crippen LogP contribution is 2.39. The zero-order valence-corrected chi connectivity index (χ0v) is 19.7. The summed E-state index contributed by atoms with van der Waals surface area (Å²) in [6.45, 7) is 6.52. The first-order valence-electron chi connectivity index (χ1n) is 11.3. The first kappa shape index (κ1) is 23.0. The standard InChI is InChI=1S/C22H16OS.C7H16/c1-15-11-13-16(14-12-15)21(23)20-18-9-5-6-10-19(18)24-22(20)17-7-3-2-4-8-17;1-3-5-7-6-4-2/h2-14H,1H3;3-7H2,1-2H3. The Kier molecular flexibility index (Phi) is 8.61. The molecular weight excluding hydrogens is 396 g/mol. The van der Waals surface area contributed by atoms with Crippen molar-refractivity contribution < 1.29 is 4.79 Å². The van der Waals surface area contributed by atoms with Crippen molar-refractivity contribution in [2.45, 2.75) is 52.9 Å². The van der Waals surface area contributed by atoms with E-state index < -0.39 is 0 Å². The van der Waals surface area contributed by atoms with Crippen molar-refractivity contribution in [3.05, 3.63) is 95.6 Å². The van der Waals surface area contributed by atoms with Gasteiger partial charge < -0.3 is 0 Å². The van der Waals surface area contributed by atoms with Gasteiger partial charge in [0.05, 0.1) is 0 Å². The van der Waals surface area contributed by atoms with Crippen LogP contribution in [-0.4, -0.2) is 5.78 Å². The maximum Gasteiger partial charge on any atom is 0.195 e. The molecule has 0 atom stereocenters. The van der Waals surface area contributed by atoms with E-state index in [4.69, 9.17) is 0 Å². The lowest BCUT2D eigenvalue weighted by Crippen LogP contribution is -2.02. The van der Waals surface area contributed by atoms with E-state index in [1.54, 1.807) is 11.3 Å². The highest BCUT2D eigenvalue weighted by molar-refractivity contribution is 7.22. The number of benzene rings is 3. The Hall–Kier alpha value is -2.71. The molecule has 0 spiro atoms. The van der Waals surface area contributed by atoms with Gasteiger partial charge in [0.25, 0.3) is 0 Å². The Labute approximate surface area is 190 Å². The predicted octanol–water partition coefficient (Wildman–Crippen LogP) is 9.08. The number of fused-ring (bicyclic) bond motifs is 1. The molecule has 0 fully saturated rings. The lowest BCUT2D eigenvalue weighted by Gasteiger charge is -2.05. The van der Waals surface area contributed by atoms with Crippen LogP contribution in [0.15, 0.2) is 78.9 Å². The molecular formula is C29H32OS. The van der Waals surface area contributed by atoms with Gasteiger partial charge in [-0.2, -0.15) is 0 Å². The molecule has 31 heavy (non-hydrogen) atoms. The van der Waals surface area contributed by atoms with Crippen LogP contribution in [0, 0.1) is 6.92 Å². The lowest BCUT2D eigenvalue weighted by molar-refractivity contribution is 0.104. The number of rotatable bonds is 7. The van der Waals surface area contributed by atoms with Crippen LogP contribution < -0.4 is 0 Å². The molecule has 0 radical (unpaired) electrons. The molecule has 0 saturated heterocycles. The average molecular weight is 429 g/mol. The number of thiophene rings is 1. The quantitative estimate of drug-likeness (QED) is 0.212. The number of aryl methyl sites for hydroxylation is 1. The number of ketones is 1. The third-order valence-electron chi connectivity index (χ3n) is 5.38. The van der Waals surface area contributed by atoms with Gasteiger partial charge in [0.1, 0.15) is 0 Å². The zero-order valence-electron chi connectivity index (χ0n) is 18.9. The van der Waals surface area contributed by atoms with Crippen molar-refractivity contribution in [3.63, 3.8) is 0 Å². The van der Waals surface area contributed by atoms with Crippen molar-refractivity contribution in [3.8, 4) is 10.4 Å². The summed E-state index contributed by atoms with van der Waals surface area (Å²) in [6.07, 6.45) is 7.01. The van der Waals surface area contributed by atoms with Crippen LogP contribution in [0.25, 0.3) is 20.5 Å². The van der Waals surface area contributed by atoms with Crippen LogP contribution in [0.2, 0.25) is 0 Å². The molecule has 160 valence electrons. The topological polar surface area (TPSA) is 17.1 Å². The van der Waals surface area contributed by atoms with E-state index >= 15 is 0 Å². The fourth-order valence-corrected chi connectivity index (χ4v) is 4.79. The Morgan fingerprint density at radius 1 is 0.742 bits per heavy atom. The summed E-state index contributed by atoms with van der Waals surface area (Å²) < 4.78 is 1.15. The molecule has 3 aromatic carbocycles. The van der Waals surface area contributed by atoms with Crippen molar-refractivity contribution in [2.75, 3.05) is 0 Å². The van der Waals surface area contributed by atoms with Gasteiger partial charge in [0.2, 0.25) is 0 Å². The van der Waals surface area contributed by atoms with Crippen molar-refractivity contribution >= 4 is 27.2 Å². The SMILES string of the molecule is CCCCCCC.Cc1ccc(C(=O)c2c(-c3ccccc3)sc3ccccc23)cc1. The molecule has 0 aliphatic carbocycles. The lowest BCUT2D eigenvalue weighted by atomic mass is 9.97. The molecule has 2 heteroatoms. The molecule has 4 aromatic rings. The summed E-state index contributed by atoms with van der Waals surface area (Å²) in [5, 5.41) is 1.03. The van der Waals surface area contributed by atoms with Gasteiger partial charge in [-0.05, 0) is 18.6 Å². The van der Waals surface area contributed by atoms with E-state index in [0.29, 0.717) is 0 Å². The van der Waals surface area contributed by atoms with Gasteiger partial charge in [-0.3, -0.25) is 4.79 Å². The van der Waals surface area contributed by atoms with Crippen LogP contribution in [0.3, 0.4) is 0 Å². The predicted molar refractivity (Wildman–Crippen MR) is 136 cm³/mol. The Morgan fingerprint density at radius 2 is 1.35 bits per heavy atom. The summed E-state index contributed by atoms with van der Waals surface area (Å²) in [5.41, 5.74) is 3.80. The fraction of sp³-hybridized carbons (Fsp3) is 0.276. The van der Waals surface area contributed by atoms with Gasteiger partial charge >= 0.3 is 0 Å². The van der Waals surface area contributed by atoms with E-state index in [-0.39, 0.29) is 5.78 Å². The molecule has 0 amide bonds. The molecule has 1 heterocycles. The monoisotopic (exact) mass is 428 g/mol. The minimum absolute atomic E-state index is 0.0892. The maximum atomic E-state index is 13.2. The van der Waals surface area contributed by atoms with Crippen molar-refractivity contribution in [2.24, 2.45) is 0 Å². The Bertz CT molecular complexity index is 1090. The van der Waals surface area contributed by atoms with Crippen LogP contribution in [0.1, 0.15) is 67.4 Å². The number of hydrogen-bond acceptors (Lipinski definition) is 2. The minimum Gasteiger partial charge on any atom is -0.289 e. The van der Waals surface area contributed by atoms with Crippen LogP contribution in [-0.2, 0) is 0 Å². The van der Waals surface area contributed by atoms with Gasteiger partial charge in [-0.15, -0.1) is 11.3 Å². The summed E-state index contributed by atoms with van der Waals surface area (Å²) in [6, 6.07) is 26.1. The first-order valence-corrected chi connectivity index (χ1v) is 12.2. The Morgan fingerprint density at radius 3 is 2.00 bits per heavy atom. The van der Waals surface area contributed by atoms with Crippen molar-refractivity contribution in [1.82, 2.24) is 0 Å². The number of carbonyl (C=O) groups is 1. The van der Waals surface area contributed by atoms with Crippen LogP contribution >= 0.6 is 11.3 Å². The van der Waals surface area contributed by atoms with Crippen LogP contribution in [0.5, 0.6) is 0 Å². The molecule has 0 saturated carbocycles. The molecule has 4 rings (SSSR count). The third-order valence-corrected chi connectivity index (χ3v) is 6.60. The van der Waals surface area contributed by atoms with E-state index in [9.17, 15) is 4.79 Å². The fourth-order valence-electron chi connectivity index (χ4n) is 3.59. The normalized spacial score (nSPS) is 10.5. The first-order chi connectivity index (χ1) is 15.2. The average Bonchev–Trinajstić information content (AvgIpc) is 3.20. The summed E-state index contributed by atoms with van der Waals surface area (Å²) in [7, 11) is 0. The van der Waals surface area contributed by atoms with E-state index in [1.165, 1.54) is 32.1 Å². The van der Waals surface area contributed by atoms with Crippen LogP contribution in [0.4, 0.5) is 0 Å². The highest BCUT2D eigenvalue weighted by Gasteiger charge is 2.21. The highest BCUT2D eigenvalue weighted by atomic mass is 32.1. The van der Waals surface area contributed by atoms with E-state index in [0.717, 1.165) is 37.2 Å². The number of unbranched alkanes of at least 4 members (excludes halogenated alkanes) is 4. The van der Waals surface area contributed by atoms with E-state index in [2.05, 4.69) is 32.0 Å². The molecule has 0 aliphatic heterocycles. The molecule has 0 bridgehead atoms.